The van der Waals surface area contributed by atoms with E-state index in [4.69, 9.17) is 5.73 Å². The summed E-state index contributed by atoms with van der Waals surface area (Å²) in [6.07, 6.45) is 0. The van der Waals surface area contributed by atoms with E-state index >= 15 is 0 Å². The van der Waals surface area contributed by atoms with Crippen molar-refractivity contribution in [3.05, 3.63) is 29.3 Å². The number of halogens is 2. The first-order chi connectivity index (χ1) is 5.65. The highest BCUT2D eigenvalue weighted by Gasteiger charge is 2.09. The Morgan fingerprint density at radius 2 is 2.15 bits per heavy atom. The highest BCUT2D eigenvalue weighted by Crippen LogP contribution is 2.23. The van der Waals surface area contributed by atoms with Gasteiger partial charge in [-0.1, -0.05) is 17.7 Å². The van der Waals surface area contributed by atoms with Gasteiger partial charge in [0.25, 0.3) is 0 Å². The van der Waals surface area contributed by atoms with Crippen LogP contribution in [-0.4, -0.2) is 11.8 Å². The smallest absolute Gasteiger partial charge is 0.120 e. The van der Waals surface area contributed by atoms with E-state index < -0.39 is 12.7 Å². The molecular formula is C9H13ClFNO. The number of phenolic OH excluding ortho intramolecular Hbond substituents is 1. The molecule has 1 rings (SSSR count). The van der Waals surface area contributed by atoms with Gasteiger partial charge in [0.1, 0.15) is 12.4 Å². The molecule has 4 heteroatoms. The largest absolute Gasteiger partial charge is 0.508 e. The molecule has 0 aliphatic carbocycles. The van der Waals surface area contributed by atoms with Crippen LogP contribution in [0.15, 0.2) is 18.2 Å². The van der Waals surface area contributed by atoms with Crippen molar-refractivity contribution in [1.29, 1.82) is 0 Å². The van der Waals surface area contributed by atoms with Gasteiger partial charge in [0.2, 0.25) is 0 Å². The molecule has 0 saturated carbocycles. The number of alkyl halides is 1. The summed E-state index contributed by atoms with van der Waals surface area (Å²) < 4.78 is 12.1. The fourth-order valence-electron chi connectivity index (χ4n) is 1.05. The summed E-state index contributed by atoms with van der Waals surface area (Å²) in [6.45, 7) is 1.21. The molecule has 3 N–H and O–H groups in total. The Balaban J connectivity index is 0.00000144. The third kappa shape index (κ3) is 2.86. The van der Waals surface area contributed by atoms with E-state index in [2.05, 4.69) is 0 Å². The van der Waals surface area contributed by atoms with Crippen LogP contribution >= 0.6 is 12.4 Å². The molecule has 0 radical (unpaired) electrons. The lowest BCUT2D eigenvalue weighted by atomic mass is 10.1. The Bertz CT molecular complexity index is 280. The predicted molar refractivity (Wildman–Crippen MR) is 53.0 cm³/mol. The lowest BCUT2D eigenvalue weighted by molar-refractivity contribution is 0.414. The van der Waals surface area contributed by atoms with Crippen LogP contribution in [0.2, 0.25) is 0 Å². The number of hydrogen-bond acceptors (Lipinski definition) is 2. The van der Waals surface area contributed by atoms with Crippen molar-refractivity contribution >= 4 is 12.4 Å². The van der Waals surface area contributed by atoms with E-state index in [0.717, 1.165) is 5.56 Å². The van der Waals surface area contributed by atoms with Crippen molar-refractivity contribution in [3.8, 4) is 5.75 Å². The molecule has 0 heterocycles. The molecule has 1 atom stereocenters. The van der Waals surface area contributed by atoms with Gasteiger partial charge in [-0.2, -0.15) is 0 Å². The van der Waals surface area contributed by atoms with Crippen LogP contribution in [-0.2, 0) is 0 Å². The molecule has 0 bridgehead atoms. The van der Waals surface area contributed by atoms with Crippen molar-refractivity contribution < 1.29 is 9.50 Å². The van der Waals surface area contributed by atoms with Gasteiger partial charge in [-0.25, -0.2) is 4.39 Å². The number of hydrogen-bond donors (Lipinski definition) is 2. The third-order valence-corrected chi connectivity index (χ3v) is 1.75. The summed E-state index contributed by atoms with van der Waals surface area (Å²) in [7, 11) is 0. The maximum atomic E-state index is 12.1. The van der Waals surface area contributed by atoms with Crippen LogP contribution in [0.25, 0.3) is 0 Å². The molecule has 74 valence electrons. The first-order valence-corrected chi connectivity index (χ1v) is 3.76. The lowest BCUT2D eigenvalue weighted by Gasteiger charge is -2.09. The van der Waals surface area contributed by atoms with Crippen LogP contribution in [0.3, 0.4) is 0 Å². The standard InChI is InChI=1S/C9H12FNO.ClH/c1-6-2-3-9(12)7(4-6)8(11)5-10;/h2-4,8,12H,5,11H2,1H3;1H/t8-;/m1./s1. The topological polar surface area (TPSA) is 46.2 Å². The van der Waals surface area contributed by atoms with E-state index in [1.807, 2.05) is 6.92 Å². The quantitative estimate of drug-likeness (QED) is 0.777. The first kappa shape index (κ1) is 12.2. The molecule has 0 saturated heterocycles. The third-order valence-electron chi connectivity index (χ3n) is 1.75. The van der Waals surface area contributed by atoms with Crippen molar-refractivity contribution in [2.45, 2.75) is 13.0 Å². The van der Waals surface area contributed by atoms with Gasteiger partial charge in [0, 0.05) is 5.56 Å². The average molecular weight is 206 g/mol. The second-order valence-electron chi connectivity index (χ2n) is 2.82. The van der Waals surface area contributed by atoms with E-state index in [9.17, 15) is 9.50 Å². The summed E-state index contributed by atoms with van der Waals surface area (Å²) in [5, 5.41) is 9.29. The molecule has 0 fully saturated rings. The molecule has 13 heavy (non-hydrogen) atoms. The van der Waals surface area contributed by atoms with Crippen molar-refractivity contribution in [1.82, 2.24) is 0 Å². The van der Waals surface area contributed by atoms with Crippen LogP contribution in [0.5, 0.6) is 5.75 Å². The molecule has 0 aromatic heterocycles. The van der Waals surface area contributed by atoms with Gasteiger partial charge in [0.15, 0.2) is 0 Å². The molecule has 0 aliphatic rings. The molecule has 0 aliphatic heterocycles. The van der Waals surface area contributed by atoms with Gasteiger partial charge < -0.3 is 10.8 Å². The maximum absolute atomic E-state index is 12.1. The Morgan fingerprint density at radius 3 is 2.69 bits per heavy atom. The van der Waals surface area contributed by atoms with Gasteiger partial charge in [-0.15, -0.1) is 12.4 Å². The fourth-order valence-corrected chi connectivity index (χ4v) is 1.05. The van der Waals surface area contributed by atoms with Crippen LogP contribution in [0.1, 0.15) is 17.2 Å². The van der Waals surface area contributed by atoms with Gasteiger partial charge in [-0.05, 0) is 13.0 Å². The Hall–Kier alpha value is -0.800. The SMILES string of the molecule is Cc1ccc(O)c([C@H](N)CF)c1.Cl. The summed E-state index contributed by atoms with van der Waals surface area (Å²) in [4.78, 5) is 0. The molecule has 1 aromatic carbocycles. The van der Waals surface area contributed by atoms with Gasteiger partial charge in [-0.3, -0.25) is 0 Å². The Morgan fingerprint density at radius 1 is 1.54 bits per heavy atom. The number of aryl methyl sites for hydroxylation is 1. The zero-order valence-corrected chi connectivity index (χ0v) is 8.14. The maximum Gasteiger partial charge on any atom is 0.120 e. The summed E-state index contributed by atoms with van der Waals surface area (Å²) in [5.74, 6) is 0.0609. The van der Waals surface area contributed by atoms with Gasteiger partial charge in [0.05, 0.1) is 6.04 Å². The number of nitrogens with two attached hydrogens (primary N) is 1. The average Bonchev–Trinajstić information content (AvgIpc) is 2.08. The normalized spacial score (nSPS) is 11.9. The number of phenols is 1. The molecule has 1 aromatic rings. The zero-order valence-electron chi connectivity index (χ0n) is 7.33. The fraction of sp³-hybridized carbons (Fsp3) is 0.333. The number of aromatic hydroxyl groups is 1. The minimum absolute atomic E-state index is 0. The minimum Gasteiger partial charge on any atom is -0.508 e. The van der Waals surface area contributed by atoms with E-state index in [1.165, 1.54) is 6.07 Å². The van der Waals surface area contributed by atoms with Crippen LogP contribution in [0, 0.1) is 6.92 Å². The van der Waals surface area contributed by atoms with E-state index in [1.54, 1.807) is 12.1 Å². The molecule has 2 nitrogen and oxygen atoms in total. The lowest BCUT2D eigenvalue weighted by Crippen LogP contribution is -2.12. The zero-order chi connectivity index (χ0) is 9.14. The molecule has 0 amide bonds. The van der Waals surface area contributed by atoms with Crippen molar-refractivity contribution in [2.75, 3.05) is 6.67 Å². The Kier molecular flexibility index (Phi) is 4.73. The first-order valence-electron chi connectivity index (χ1n) is 3.76. The molecular weight excluding hydrogens is 193 g/mol. The second-order valence-corrected chi connectivity index (χ2v) is 2.82. The summed E-state index contributed by atoms with van der Waals surface area (Å²) >= 11 is 0. The monoisotopic (exact) mass is 205 g/mol. The Labute approximate surface area is 83.0 Å². The molecule has 0 unspecified atom stereocenters. The van der Waals surface area contributed by atoms with Gasteiger partial charge >= 0.3 is 0 Å². The summed E-state index contributed by atoms with van der Waals surface area (Å²) in [5.41, 5.74) is 6.86. The predicted octanol–water partition coefficient (Wildman–Crippen LogP) is 2.09. The second kappa shape index (κ2) is 5.04. The van der Waals surface area contributed by atoms with Crippen LogP contribution in [0.4, 0.5) is 4.39 Å². The van der Waals surface area contributed by atoms with E-state index in [-0.39, 0.29) is 18.2 Å². The van der Waals surface area contributed by atoms with E-state index in [0.29, 0.717) is 5.56 Å². The van der Waals surface area contributed by atoms with Crippen LogP contribution < -0.4 is 5.73 Å². The van der Waals surface area contributed by atoms with Crippen molar-refractivity contribution in [2.24, 2.45) is 5.73 Å². The molecule has 0 spiro atoms. The minimum atomic E-state index is -0.718. The number of benzene rings is 1. The van der Waals surface area contributed by atoms with Crippen molar-refractivity contribution in [3.63, 3.8) is 0 Å². The number of rotatable bonds is 2. The highest BCUT2D eigenvalue weighted by molar-refractivity contribution is 5.85. The highest BCUT2D eigenvalue weighted by atomic mass is 35.5. The summed E-state index contributed by atoms with van der Waals surface area (Å²) in [6, 6.07) is 4.26.